The highest BCUT2D eigenvalue weighted by Gasteiger charge is 2.31. The Morgan fingerprint density at radius 3 is 2.24 bits per heavy atom. The SMILES string of the molecule is CC[C@@H](C(=O)NC(C)(C)C)N(Cc1cccc(C)c1)C(=O)COc1ccccc1C(C)(C)C. The topological polar surface area (TPSA) is 58.6 Å². The quantitative estimate of drug-likeness (QED) is 0.584. The van der Waals surface area contributed by atoms with Gasteiger partial charge >= 0.3 is 0 Å². The molecule has 1 N–H and O–H groups in total. The van der Waals surface area contributed by atoms with Crippen LogP contribution in [0.25, 0.3) is 0 Å². The Morgan fingerprint density at radius 2 is 1.67 bits per heavy atom. The number of hydrogen-bond acceptors (Lipinski definition) is 3. The molecule has 2 rings (SSSR count). The lowest BCUT2D eigenvalue weighted by Crippen LogP contribution is -2.54. The van der Waals surface area contributed by atoms with Crippen molar-refractivity contribution in [3.8, 4) is 5.75 Å². The summed E-state index contributed by atoms with van der Waals surface area (Å²) in [5.74, 6) is 0.332. The summed E-state index contributed by atoms with van der Waals surface area (Å²) in [5.41, 5.74) is 2.65. The molecule has 0 heterocycles. The molecule has 0 radical (unpaired) electrons. The largest absolute Gasteiger partial charge is 0.483 e. The van der Waals surface area contributed by atoms with E-state index in [0.717, 1.165) is 16.7 Å². The van der Waals surface area contributed by atoms with Crippen molar-refractivity contribution in [3.05, 3.63) is 65.2 Å². The highest BCUT2D eigenvalue weighted by molar-refractivity contribution is 5.88. The zero-order valence-electron chi connectivity index (χ0n) is 21.5. The highest BCUT2D eigenvalue weighted by Crippen LogP contribution is 2.31. The number of hydrogen-bond donors (Lipinski definition) is 1. The van der Waals surface area contributed by atoms with E-state index in [4.69, 9.17) is 4.74 Å². The lowest BCUT2D eigenvalue weighted by atomic mass is 9.86. The summed E-state index contributed by atoms with van der Waals surface area (Å²) in [6.45, 7) is 16.3. The lowest BCUT2D eigenvalue weighted by molar-refractivity contribution is -0.143. The van der Waals surface area contributed by atoms with Crippen molar-refractivity contribution in [2.45, 2.75) is 85.4 Å². The Bertz CT molecular complexity index is 954. The molecule has 0 aromatic heterocycles. The van der Waals surface area contributed by atoms with Gasteiger partial charge in [0.25, 0.3) is 5.91 Å². The van der Waals surface area contributed by atoms with Crippen LogP contribution in [-0.4, -0.2) is 34.9 Å². The first kappa shape index (κ1) is 26.4. The van der Waals surface area contributed by atoms with Crippen molar-refractivity contribution in [2.24, 2.45) is 0 Å². The van der Waals surface area contributed by atoms with E-state index in [0.29, 0.717) is 18.7 Å². The average Bonchev–Trinajstić information content (AvgIpc) is 2.70. The number of benzene rings is 2. The molecule has 2 aromatic carbocycles. The number of carbonyl (C=O) groups excluding carboxylic acids is 2. The minimum absolute atomic E-state index is 0.112. The minimum atomic E-state index is -0.585. The van der Waals surface area contributed by atoms with Crippen LogP contribution in [0.4, 0.5) is 0 Å². The molecule has 180 valence electrons. The van der Waals surface area contributed by atoms with Gasteiger partial charge in [-0.2, -0.15) is 0 Å². The first-order valence-electron chi connectivity index (χ1n) is 11.7. The van der Waals surface area contributed by atoms with E-state index in [1.54, 1.807) is 4.90 Å². The molecule has 5 nitrogen and oxygen atoms in total. The zero-order chi connectivity index (χ0) is 24.8. The number of aryl methyl sites for hydroxylation is 1. The van der Waals surface area contributed by atoms with E-state index in [1.807, 2.05) is 83.1 Å². The molecular formula is C28H40N2O3. The molecular weight excluding hydrogens is 412 g/mol. The highest BCUT2D eigenvalue weighted by atomic mass is 16.5. The number of ether oxygens (including phenoxy) is 1. The fourth-order valence-electron chi connectivity index (χ4n) is 3.81. The molecule has 0 fully saturated rings. The number of nitrogens with zero attached hydrogens (tertiary/aromatic N) is 1. The Kier molecular flexibility index (Phi) is 8.70. The van der Waals surface area contributed by atoms with E-state index < -0.39 is 6.04 Å². The van der Waals surface area contributed by atoms with Gasteiger partial charge in [-0.15, -0.1) is 0 Å². The summed E-state index contributed by atoms with van der Waals surface area (Å²) in [5, 5.41) is 3.03. The smallest absolute Gasteiger partial charge is 0.261 e. The van der Waals surface area contributed by atoms with Crippen LogP contribution in [0.5, 0.6) is 5.75 Å². The summed E-state index contributed by atoms with van der Waals surface area (Å²) in [6, 6.07) is 15.2. The second-order valence-corrected chi connectivity index (χ2v) is 10.7. The van der Waals surface area contributed by atoms with Crippen LogP contribution < -0.4 is 10.1 Å². The van der Waals surface area contributed by atoms with E-state index in [1.165, 1.54) is 0 Å². The van der Waals surface area contributed by atoms with Gasteiger partial charge in [0.15, 0.2) is 6.61 Å². The fraction of sp³-hybridized carbons (Fsp3) is 0.500. The predicted molar refractivity (Wildman–Crippen MR) is 134 cm³/mol. The van der Waals surface area contributed by atoms with E-state index in [2.05, 4.69) is 26.1 Å². The maximum Gasteiger partial charge on any atom is 0.261 e. The van der Waals surface area contributed by atoms with Gasteiger partial charge in [-0.1, -0.05) is 75.7 Å². The van der Waals surface area contributed by atoms with Crippen LogP contribution in [0.3, 0.4) is 0 Å². The summed E-state index contributed by atoms with van der Waals surface area (Å²) < 4.78 is 6.02. The minimum Gasteiger partial charge on any atom is -0.483 e. The average molecular weight is 453 g/mol. The van der Waals surface area contributed by atoms with Crippen LogP contribution in [-0.2, 0) is 21.5 Å². The zero-order valence-corrected chi connectivity index (χ0v) is 21.5. The second kappa shape index (κ2) is 10.9. The molecule has 2 aromatic rings. The predicted octanol–water partition coefficient (Wildman–Crippen LogP) is 5.39. The number of carbonyl (C=O) groups is 2. The summed E-state index contributed by atoms with van der Waals surface area (Å²) in [6.07, 6.45) is 0.512. The molecule has 33 heavy (non-hydrogen) atoms. The molecule has 1 atom stereocenters. The third-order valence-electron chi connectivity index (χ3n) is 5.37. The molecule has 0 spiro atoms. The van der Waals surface area contributed by atoms with Gasteiger partial charge in [-0.25, -0.2) is 0 Å². The molecule has 0 aliphatic rings. The monoisotopic (exact) mass is 452 g/mol. The van der Waals surface area contributed by atoms with Crippen LogP contribution in [0.1, 0.15) is 71.6 Å². The number of amides is 2. The molecule has 0 aliphatic carbocycles. The van der Waals surface area contributed by atoms with Gasteiger partial charge in [0.2, 0.25) is 5.91 Å². The molecule has 0 aliphatic heterocycles. The Balaban J connectivity index is 2.30. The van der Waals surface area contributed by atoms with Gasteiger partial charge in [-0.3, -0.25) is 9.59 Å². The Hall–Kier alpha value is -2.82. The van der Waals surface area contributed by atoms with Crippen LogP contribution in [0.2, 0.25) is 0 Å². The van der Waals surface area contributed by atoms with Gasteiger partial charge in [0, 0.05) is 12.1 Å². The van der Waals surface area contributed by atoms with Crippen molar-refractivity contribution in [1.82, 2.24) is 10.2 Å². The maximum absolute atomic E-state index is 13.5. The van der Waals surface area contributed by atoms with Crippen LogP contribution in [0, 0.1) is 6.92 Å². The fourth-order valence-corrected chi connectivity index (χ4v) is 3.81. The molecule has 0 saturated heterocycles. The number of para-hydroxylation sites is 1. The van der Waals surface area contributed by atoms with Crippen molar-refractivity contribution in [2.75, 3.05) is 6.61 Å². The summed E-state index contributed by atoms with van der Waals surface area (Å²) in [4.78, 5) is 28.2. The lowest BCUT2D eigenvalue weighted by Gasteiger charge is -2.33. The molecule has 0 unspecified atom stereocenters. The molecule has 2 amide bonds. The van der Waals surface area contributed by atoms with E-state index in [9.17, 15) is 9.59 Å². The molecule has 0 bridgehead atoms. The second-order valence-electron chi connectivity index (χ2n) is 10.7. The standard InChI is InChI=1S/C28H40N2O3/c1-9-23(26(32)29-28(6,7)8)30(18-21-14-12-13-20(2)17-21)25(31)19-33-24-16-11-10-15-22(24)27(3,4)5/h10-17,23H,9,18-19H2,1-8H3,(H,29,32)/t23-/m0/s1. The third-order valence-corrected chi connectivity index (χ3v) is 5.37. The summed E-state index contributed by atoms with van der Waals surface area (Å²) >= 11 is 0. The van der Waals surface area contributed by atoms with Crippen LogP contribution in [0.15, 0.2) is 48.5 Å². The first-order valence-corrected chi connectivity index (χ1v) is 11.7. The van der Waals surface area contributed by atoms with Crippen molar-refractivity contribution >= 4 is 11.8 Å². The van der Waals surface area contributed by atoms with Crippen LogP contribution >= 0.6 is 0 Å². The third kappa shape index (κ3) is 7.92. The van der Waals surface area contributed by atoms with Crippen molar-refractivity contribution in [1.29, 1.82) is 0 Å². The van der Waals surface area contributed by atoms with Gasteiger partial charge in [0.05, 0.1) is 0 Å². The number of rotatable bonds is 8. The Labute approximate surface area is 199 Å². The maximum atomic E-state index is 13.5. The van der Waals surface area contributed by atoms with E-state index >= 15 is 0 Å². The van der Waals surface area contributed by atoms with E-state index in [-0.39, 0.29) is 29.4 Å². The van der Waals surface area contributed by atoms with Gasteiger partial charge in [-0.05, 0) is 56.7 Å². The summed E-state index contributed by atoms with van der Waals surface area (Å²) in [7, 11) is 0. The van der Waals surface area contributed by atoms with Crippen molar-refractivity contribution in [3.63, 3.8) is 0 Å². The van der Waals surface area contributed by atoms with Crippen molar-refractivity contribution < 1.29 is 14.3 Å². The number of nitrogens with one attached hydrogen (secondary N) is 1. The molecule has 5 heteroatoms. The Morgan fingerprint density at radius 1 is 1.00 bits per heavy atom. The first-order chi connectivity index (χ1) is 15.3. The normalized spacial score (nSPS) is 12.7. The molecule has 0 saturated carbocycles. The van der Waals surface area contributed by atoms with Gasteiger partial charge in [0.1, 0.15) is 11.8 Å². The van der Waals surface area contributed by atoms with Gasteiger partial charge < -0.3 is 15.0 Å².